The topological polar surface area (TPSA) is 124 Å². The van der Waals surface area contributed by atoms with Crippen LogP contribution < -0.4 is 0 Å². The Morgan fingerprint density at radius 3 is 2.63 bits per heavy atom. The van der Waals surface area contributed by atoms with E-state index in [1.54, 1.807) is 32.1 Å². The third-order valence-electron chi connectivity index (χ3n) is 9.73. The predicted octanol–water partition coefficient (Wildman–Crippen LogP) is 2.39. The Bertz CT molecular complexity index is 1030. The monoisotopic (exact) mass is 532 g/mol. The zero-order valence-electron chi connectivity index (χ0n) is 22.6. The van der Waals surface area contributed by atoms with Gasteiger partial charge in [0.15, 0.2) is 6.10 Å². The number of carbonyl (C=O) groups is 2. The Morgan fingerprint density at radius 2 is 1.92 bits per heavy atom. The molecule has 3 aliphatic heterocycles. The molecule has 0 aromatic carbocycles. The van der Waals surface area contributed by atoms with Crippen LogP contribution in [0.2, 0.25) is 0 Å². The van der Waals surface area contributed by atoms with Crippen molar-refractivity contribution in [2.24, 2.45) is 16.7 Å². The van der Waals surface area contributed by atoms with E-state index in [9.17, 15) is 19.8 Å². The molecule has 0 aromatic heterocycles. The third-order valence-corrected chi connectivity index (χ3v) is 9.73. The van der Waals surface area contributed by atoms with E-state index >= 15 is 0 Å². The highest BCUT2D eigenvalue weighted by atomic mass is 16.6. The molecule has 2 spiro atoms. The maximum absolute atomic E-state index is 13.1. The van der Waals surface area contributed by atoms with Crippen molar-refractivity contribution < 1.29 is 43.5 Å². The van der Waals surface area contributed by atoms with E-state index in [4.69, 9.17) is 23.7 Å². The molecule has 9 nitrogen and oxygen atoms in total. The summed E-state index contributed by atoms with van der Waals surface area (Å²) in [5.41, 5.74) is -0.771. The van der Waals surface area contributed by atoms with E-state index < -0.39 is 58.7 Å². The standard InChI is InChI=1S/C29H40O9/c1-17-9-11-28-15-35-26(33)25(32)18(2)10-12-34-20(19(3)30)7-5-6-8-24(31)38-21-14-23(37-22(28)13-17)29(16-36-29)27(21,28)4/h5-8,13,18-23,25,30,32H,9-12,14-16H2,1-4H3/b7-5-,8-6-/t18-,19+,20-,21-,22-,23-,25+,27-,28-,29-/m1/s1. The van der Waals surface area contributed by atoms with Crippen LogP contribution in [0.15, 0.2) is 36.0 Å². The molecule has 0 amide bonds. The number of ether oxygens (including phenoxy) is 5. The van der Waals surface area contributed by atoms with Crippen LogP contribution >= 0.6 is 0 Å². The van der Waals surface area contributed by atoms with Gasteiger partial charge < -0.3 is 33.9 Å². The number of rotatable bonds is 1. The van der Waals surface area contributed by atoms with Crippen molar-refractivity contribution in [3.63, 3.8) is 0 Å². The van der Waals surface area contributed by atoms with Crippen LogP contribution in [0.5, 0.6) is 0 Å². The van der Waals surface area contributed by atoms with E-state index in [2.05, 4.69) is 19.9 Å². The van der Waals surface area contributed by atoms with Crippen molar-refractivity contribution in [1.82, 2.24) is 0 Å². The highest BCUT2D eigenvalue weighted by Gasteiger charge is 2.83. The van der Waals surface area contributed by atoms with Gasteiger partial charge in [-0.15, -0.1) is 0 Å². The molecule has 9 heteroatoms. The number of hydrogen-bond acceptors (Lipinski definition) is 9. The summed E-state index contributed by atoms with van der Waals surface area (Å²) in [6.07, 6.45) is 6.89. The molecule has 2 aliphatic carbocycles. The maximum Gasteiger partial charge on any atom is 0.335 e. The molecule has 2 N–H and O–H groups in total. The van der Waals surface area contributed by atoms with Crippen LogP contribution in [0.25, 0.3) is 0 Å². The fraction of sp³-hybridized carbons (Fsp3) is 0.724. The molecule has 210 valence electrons. The molecule has 0 aromatic rings. The first-order chi connectivity index (χ1) is 18.0. The maximum atomic E-state index is 13.1. The van der Waals surface area contributed by atoms with Gasteiger partial charge in [0.1, 0.15) is 24.4 Å². The summed E-state index contributed by atoms with van der Waals surface area (Å²) in [6.45, 7) is 8.27. The van der Waals surface area contributed by atoms with Crippen LogP contribution in [0, 0.1) is 16.7 Å². The largest absolute Gasteiger partial charge is 0.463 e. The predicted molar refractivity (Wildman–Crippen MR) is 136 cm³/mol. The molecule has 38 heavy (non-hydrogen) atoms. The summed E-state index contributed by atoms with van der Waals surface area (Å²) in [7, 11) is 0. The van der Waals surface area contributed by atoms with Crippen molar-refractivity contribution in [1.29, 1.82) is 0 Å². The molecule has 0 unspecified atom stereocenters. The Hall–Kier alpha value is -2.04. The molecular weight excluding hydrogens is 492 g/mol. The Kier molecular flexibility index (Phi) is 7.37. The average molecular weight is 533 g/mol. The van der Waals surface area contributed by atoms with E-state index in [1.165, 1.54) is 11.6 Å². The number of allylic oxidation sites excluding steroid dienone is 3. The first kappa shape index (κ1) is 27.5. The molecule has 5 rings (SSSR count). The lowest BCUT2D eigenvalue weighted by Crippen LogP contribution is -2.66. The smallest absolute Gasteiger partial charge is 0.335 e. The summed E-state index contributed by atoms with van der Waals surface area (Å²) in [4.78, 5) is 26.0. The van der Waals surface area contributed by atoms with Crippen molar-refractivity contribution in [3.8, 4) is 0 Å². The van der Waals surface area contributed by atoms with E-state index in [1.807, 2.05) is 0 Å². The van der Waals surface area contributed by atoms with E-state index in [0.29, 0.717) is 25.9 Å². The summed E-state index contributed by atoms with van der Waals surface area (Å²) in [6, 6.07) is 0. The number of epoxide rings is 1. The number of hydrogen-bond donors (Lipinski definition) is 2. The lowest BCUT2D eigenvalue weighted by atomic mass is 9.51. The molecule has 5 aliphatic rings. The van der Waals surface area contributed by atoms with Crippen molar-refractivity contribution >= 4 is 11.9 Å². The van der Waals surface area contributed by atoms with Crippen LogP contribution in [0.1, 0.15) is 53.4 Å². The fourth-order valence-corrected chi connectivity index (χ4v) is 7.04. The zero-order chi connectivity index (χ0) is 27.3. The molecule has 2 saturated heterocycles. The van der Waals surface area contributed by atoms with Crippen molar-refractivity contribution in [2.45, 2.75) is 95.6 Å². The van der Waals surface area contributed by atoms with Crippen LogP contribution in [-0.2, 0) is 33.3 Å². The normalized spacial score (nSPS) is 48.0. The summed E-state index contributed by atoms with van der Waals surface area (Å²) < 4.78 is 30.4. The van der Waals surface area contributed by atoms with Gasteiger partial charge in [-0.2, -0.15) is 0 Å². The quantitative estimate of drug-likeness (QED) is 0.298. The molecule has 0 radical (unpaired) electrons. The number of aliphatic hydroxyl groups excluding tert-OH is 2. The van der Waals surface area contributed by atoms with Gasteiger partial charge in [-0.1, -0.05) is 43.7 Å². The second-order valence-electron chi connectivity index (χ2n) is 11.9. The molecule has 2 bridgehead atoms. The molecule has 10 atom stereocenters. The fourth-order valence-electron chi connectivity index (χ4n) is 7.04. The van der Waals surface area contributed by atoms with Crippen LogP contribution in [0.3, 0.4) is 0 Å². The number of carbonyl (C=O) groups excluding carboxylic acids is 2. The first-order valence-corrected chi connectivity index (χ1v) is 13.7. The SMILES string of the molecule is CC1=C[C@H]2O[C@@H]3C[C@H]4OC(=O)/C=C\C=C/[C@H]([C@H](C)O)OCC[C@@H](C)[C@H](O)C(=O)OC[C@@]2(CC1)[C@]4(C)[C@@]31CO1. The van der Waals surface area contributed by atoms with Gasteiger partial charge >= 0.3 is 11.9 Å². The van der Waals surface area contributed by atoms with Crippen LogP contribution in [0.4, 0.5) is 0 Å². The molecule has 3 fully saturated rings. The van der Waals surface area contributed by atoms with Crippen molar-refractivity contribution in [2.75, 3.05) is 19.8 Å². The minimum Gasteiger partial charge on any atom is -0.463 e. The van der Waals surface area contributed by atoms with Gasteiger partial charge in [-0.3, -0.25) is 0 Å². The lowest BCUT2D eigenvalue weighted by molar-refractivity contribution is -0.234. The lowest BCUT2D eigenvalue weighted by Gasteiger charge is -2.58. The molecule has 3 heterocycles. The third kappa shape index (κ3) is 4.36. The number of cyclic esters (lactones) is 1. The summed E-state index contributed by atoms with van der Waals surface area (Å²) in [5.74, 6) is -1.60. The van der Waals surface area contributed by atoms with E-state index in [0.717, 1.165) is 6.42 Å². The Balaban J connectivity index is 1.51. The van der Waals surface area contributed by atoms with Crippen molar-refractivity contribution in [3.05, 3.63) is 36.0 Å². The van der Waals surface area contributed by atoms with Gasteiger partial charge in [-0.05, 0) is 39.0 Å². The summed E-state index contributed by atoms with van der Waals surface area (Å²) >= 11 is 0. The van der Waals surface area contributed by atoms with E-state index in [-0.39, 0.29) is 25.4 Å². The number of esters is 2. The highest BCUT2D eigenvalue weighted by molar-refractivity contribution is 5.82. The zero-order valence-corrected chi connectivity index (χ0v) is 22.6. The van der Waals surface area contributed by atoms with Crippen LogP contribution in [-0.4, -0.2) is 84.2 Å². The average Bonchev–Trinajstić information content (AvgIpc) is 3.65. The van der Waals surface area contributed by atoms with Gasteiger partial charge in [0.05, 0.1) is 30.3 Å². The first-order valence-electron chi connectivity index (χ1n) is 13.7. The minimum atomic E-state index is -1.33. The molecule has 1 saturated carbocycles. The minimum absolute atomic E-state index is 0.0195. The number of aliphatic hydroxyl groups is 2. The van der Waals surface area contributed by atoms with Gasteiger partial charge in [-0.25, -0.2) is 9.59 Å². The second-order valence-corrected chi connectivity index (χ2v) is 11.9. The Labute approximate surface area is 223 Å². The summed E-state index contributed by atoms with van der Waals surface area (Å²) in [5, 5.41) is 20.8. The van der Waals surface area contributed by atoms with Gasteiger partial charge in [0.25, 0.3) is 0 Å². The second kappa shape index (κ2) is 10.2. The van der Waals surface area contributed by atoms with Gasteiger partial charge in [0, 0.05) is 24.5 Å². The molecular formula is C29H40O9. The van der Waals surface area contributed by atoms with Gasteiger partial charge in [0.2, 0.25) is 0 Å². The Morgan fingerprint density at radius 1 is 1.16 bits per heavy atom. The highest BCUT2D eigenvalue weighted by Crippen LogP contribution is 2.72.